The second-order valence-corrected chi connectivity index (χ2v) is 9.57. The van der Waals surface area contributed by atoms with Crippen LogP contribution in [0.25, 0.3) is 21.6 Å². The Balaban J connectivity index is 1.28. The summed E-state index contributed by atoms with van der Waals surface area (Å²) in [6.45, 7) is 8.08. The molecular weight excluding hydrogens is 466 g/mol. The maximum absolute atomic E-state index is 13.0. The van der Waals surface area contributed by atoms with Gasteiger partial charge in [0.1, 0.15) is 6.61 Å². The summed E-state index contributed by atoms with van der Waals surface area (Å²) in [5, 5.41) is 3.86. The molecule has 0 spiro atoms. The average molecular weight is 496 g/mol. The maximum atomic E-state index is 13.0. The van der Waals surface area contributed by atoms with Crippen LogP contribution in [0.2, 0.25) is 0 Å². The Morgan fingerprint density at radius 1 is 0.973 bits per heavy atom. The molecule has 3 aromatic rings. The van der Waals surface area contributed by atoms with Crippen molar-refractivity contribution in [3.05, 3.63) is 92.4 Å². The molecule has 37 heavy (non-hydrogen) atoms. The molecule has 1 aliphatic heterocycles. The van der Waals surface area contributed by atoms with Crippen molar-refractivity contribution in [3.8, 4) is 11.1 Å². The van der Waals surface area contributed by atoms with E-state index < -0.39 is 0 Å². The number of ether oxygens (including phenoxy) is 1. The summed E-state index contributed by atoms with van der Waals surface area (Å²) in [5.41, 5.74) is 18.1. The first-order valence-electron chi connectivity index (χ1n) is 12.4. The third-order valence-corrected chi connectivity index (χ3v) is 7.68. The summed E-state index contributed by atoms with van der Waals surface area (Å²) >= 11 is 0. The number of azide groups is 1. The van der Waals surface area contributed by atoms with Crippen molar-refractivity contribution in [2.75, 3.05) is 37.7 Å². The van der Waals surface area contributed by atoms with Crippen molar-refractivity contribution in [1.82, 2.24) is 4.90 Å². The molecule has 1 fully saturated rings. The molecule has 0 radical (unpaired) electrons. The Bertz CT molecular complexity index is 1390. The number of aldehydes is 1. The Morgan fingerprint density at radius 2 is 1.57 bits per heavy atom. The highest BCUT2D eigenvalue weighted by atomic mass is 16.6. The van der Waals surface area contributed by atoms with E-state index in [1.165, 1.54) is 22.3 Å². The summed E-state index contributed by atoms with van der Waals surface area (Å²) in [7, 11) is 0. The molecule has 3 aromatic carbocycles. The van der Waals surface area contributed by atoms with Gasteiger partial charge in [0.15, 0.2) is 6.29 Å². The number of amides is 1. The molecule has 1 heterocycles. The molecule has 0 bridgehead atoms. The smallest absolute Gasteiger partial charge is 0.409 e. The number of carbonyl (C=O) groups excluding carboxylic acids is 2. The first kappa shape index (κ1) is 24.4. The lowest BCUT2D eigenvalue weighted by Crippen LogP contribution is -2.49. The minimum absolute atomic E-state index is 0.0244. The van der Waals surface area contributed by atoms with Crippen LogP contribution in [-0.2, 0) is 4.74 Å². The lowest BCUT2D eigenvalue weighted by Gasteiger charge is -2.38. The molecule has 1 aliphatic carbocycles. The molecule has 0 unspecified atom stereocenters. The van der Waals surface area contributed by atoms with Crippen LogP contribution in [0.5, 0.6) is 0 Å². The van der Waals surface area contributed by atoms with Crippen LogP contribution in [0.15, 0.2) is 53.6 Å². The minimum atomic E-state index is -0.317. The van der Waals surface area contributed by atoms with Crippen molar-refractivity contribution < 1.29 is 14.3 Å². The zero-order valence-corrected chi connectivity index (χ0v) is 21.3. The number of hydrogen-bond donors (Lipinski definition) is 0. The largest absolute Gasteiger partial charge is 0.448 e. The van der Waals surface area contributed by atoms with Gasteiger partial charge in [-0.3, -0.25) is 4.79 Å². The fourth-order valence-electron chi connectivity index (χ4n) is 5.85. The fraction of sp³-hybridized carbons (Fsp3) is 0.310. The Kier molecular flexibility index (Phi) is 6.59. The van der Waals surface area contributed by atoms with Crippen molar-refractivity contribution in [1.29, 1.82) is 0 Å². The molecule has 8 heteroatoms. The van der Waals surface area contributed by atoms with Crippen LogP contribution in [-0.4, -0.2) is 50.1 Å². The first-order valence-corrected chi connectivity index (χ1v) is 12.4. The van der Waals surface area contributed by atoms with Gasteiger partial charge in [0.2, 0.25) is 0 Å². The normalized spacial score (nSPS) is 14.6. The number of carbonyl (C=O) groups is 2. The van der Waals surface area contributed by atoms with Crippen LogP contribution in [0, 0.1) is 20.8 Å². The van der Waals surface area contributed by atoms with Crippen molar-refractivity contribution in [3.63, 3.8) is 0 Å². The molecule has 0 aromatic heterocycles. The Morgan fingerprint density at radius 3 is 2.14 bits per heavy atom. The van der Waals surface area contributed by atoms with E-state index in [1.807, 2.05) is 38.1 Å². The van der Waals surface area contributed by atoms with Gasteiger partial charge in [-0.2, -0.15) is 0 Å². The predicted molar refractivity (Wildman–Crippen MR) is 144 cm³/mol. The van der Waals surface area contributed by atoms with Gasteiger partial charge in [0.05, 0.1) is 0 Å². The topological polar surface area (TPSA) is 98.6 Å². The highest BCUT2D eigenvalue weighted by Gasteiger charge is 2.31. The molecule has 5 rings (SSSR count). The molecule has 0 saturated carbocycles. The minimum Gasteiger partial charge on any atom is -0.448 e. The standard InChI is InChI=1S/C29H29N5O3/c1-18-25(16-35)19(2)28(20(3)27(18)31-32-30)33-12-14-34(15-13-33)29(36)37-17-26-23-10-6-4-8-21(23)22-9-5-7-11-24(22)26/h4-11,16,26H,12-15,17H2,1-3H3. The number of piperazine rings is 1. The number of anilines is 1. The van der Waals surface area contributed by atoms with Crippen LogP contribution >= 0.6 is 0 Å². The summed E-state index contributed by atoms with van der Waals surface area (Å²) < 4.78 is 5.84. The van der Waals surface area contributed by atoms with Crippen molar-refractivity contribution in [2.45, 2.75) is 26.7 Å². The quantitative estimate of drug-likeness (QED) is 0.176. The highest BCUT2D eigenvalue weighted by molar-refractivity contribution is 5.88. The molecule has 1 amide bonds. The SMILES string of the molecule is Cc1c(C=O)c(C)c(N2CCN(C(=O)OCC3c4ccccc4-c4ccccc43)CC2)c(C)c1N=[N+]=[N-]. The lowest BCUT2D eigenvalue weighted by molar-refractivity contribution is 0.0976. The van der Waals surface area contributed by atoms with Crippen LogP contribution in [0.4, 0.5) is 16.2 Å². The fourth-order valence-corrected chi connectivity index (χ4v) is 5.85. The van der Waals surface area contributed by atoms with Crippen LogP contribution in [0.1, 0.15) is 44.1 Å². The van der Waals surface area contributed by atoms with E-state index in [4.69, 9.17) is 10.3 Å². The zero-order chi connectivity index (χ0) is 26.1. The molecule has 188 valence electrons. The van der Waals surface area contributed by atoms with E-state index in [9.17, 15) is 9.59 Å². The molecule has 1 saturated heterocycles. The molecule has 0 atom stereocenters. The molecule has 8 nitrogen and oxygen atoms in total. The van der Waals surface area contributed by atoms with E-state index in [-0.39, 0.29) is 12.0 Å². The number of hydrogen-bond acceptors (Lipinski definition) is 5. The Labute approximate surface area is 216 Å². The van der Waals surface area contributed by atoms with Gasteiger partial charge in [0.25, 0.3) is 0 Å². The van der Waals surface area contributed by atoms with E-state index >= 15 is 0 Å². The van der Waals surface area contributed by atoms with Gasteiger partial charge in [-0.15, -0.1) is 0 Å². The van der Waals surface area contributed by atoms with Gasteiger partial charge >= 0.3 is 6.09 Å². The van der Waals surface area contributed by atoms with Crippen molar-refractivity contribution >= 4 is 23.8 Å². The van der Waals surface area contributed by atoms with Gasteiger partial charge < -0.3 is 14.5 Å². The molecular formula is C29H29N5O3. The average Bonchev–Trinajstić information content (AvgIpc) is 3.24. The molecule has 0 N–H and O–H groups in total. The molecule has 2 aliphatic rings. The van der Waals surface area contributed by atoms with Crippen molar-refractivity contribution in [2.24, 2.45) is 5.11 Å². The summed E-state index contributed by atoms with van der Waals surface area (Å²) in [5.74, 6) is 0.0244. The lowest BCUT2D eigenvalue weighted by atomic mass is 9.94. The van der Waals surface area contributed by atoms with E-state index in [2.05, 4.69) is 39.2 Å². The predicted octanol–water partition coefficient (Wildman–Crippen LogP) is 6.44. The van der Waals surface area contributed by atoms with E-state index in [0.717, 1.165) is 23.1 Å². The third-order valence-electron chi connectivity index (χ3n) is 7.68. The number of benzene rings is 3. The highest BCUT2D eigenvalue weighted by Crippen LogP contribution is 2.44. The van der Waals surface area contributed by atoms with E-state index in [0.29, 0.717) is 49.6 Å². The van der Waals surface area contributed by atoms with Gasteiger partial charge in [-0.1, -0.05) is 53.6 Å². The second kappa shape index (κ2) is 9.99. The Hall–Kier alpha value is -4.29. The monoisotopic (exact) mass is 495 g/mol. The van der Waals surface area contributed by atoms with Crippen LogP contribution in [0.3, 0.4) is 0 Å². The summed E-state index contributed by atoms with van der Waals surface area (Å²) in [6.07, 6.45) is 0.499. The van der Waals surface area contributed by atoms with E-state index in [1.54, 1.807) is 11.8 Å². The third kappa shape index (κ3) is 4.19. The zero-order valence-electron chi connectivity index (χ0n) is 21.3. The summed E-state index contributed by atoms with van der Waals surface area (Å²) in [6, 6.07) is 16.6. The number of nitrogens with zero attached hydrogens (tertiary/aromatic N) is 5. The number of rotatable bonds is 5. The summed E-state index contributed by atoms with van der Waals surface area (Å²) in [4.78, 5) is 31.7. The number of fused-ring (bicyclic) bond motifs is 3. The second-order valence-electron chi connectivity index (χ2n) is 9.57. The van der Waals surface area contributed by atoms with Crippen LogP contribution < -0.4 is 4.90 Å². The maximum Gasteiger partial charge on any atom is 0.409 e. The van der Waals surface area contributed by atoms with Gasteiger partial charge in [0, 0.05) is 53.9 Å². The van der Waals surface area contributed by atoms with Gasteiger partial charge in [-0.05, 0) is 65.2 Å². The van der Waals surface area contributed by atoms with Gasteiger partial charge in [-0.25, -0.2) is 4.79 Å². The first-order chi connectivity index (χ1) is 18.0.